The molecular formula is C20H21N3O5S. The Morgan fingerprint density at radius 2 is 1.97 bits per heavy atom. The van der Waals surface area contributed by atoms with Crippen LogP contribution < -0.4 is 15.6 Å². The molecule has 2 heterocycles. The lowest BCUT2D eigenvalue weighted by Crippen LogP contribution is -2.45. The highest BCUT2D eigenvalue weighted by atomic mass is 32.1. The smallest absolute Gasteiger partial charge is 0.329 e. The molecule has 1 aromatic carbocycles. The molecule has 29 heavy (non-hydrogen) atoms. The predicted molar refractivity (Wildman–Crippen MR) is 108 cm³/mol. The van der Waals surface area contributed by atoms with Gasteiger partial charge in [-0.05, 0) is 30.2 Å². The number of aromatic nitrogens is 2. The van der Waals surface area contributed by atoms with Crippen molar-refractivity contribution in [2.75, 3.05) is 7.11 Å². The monoisotopic (exact) mass is 415 g/mol. The molecule has 0 spiro atoms. The number of hydrogen-bond acceptors (Lipinski definition) is 7. The van der Waals surface area contributed by atoms with Gasteiger partial charge in [0.25, 0.3) is 11.5 Å². The van der Waals surface area contributed by atoms with Crippen LogP contribution in [0.1, 0.15) is 29.9 Å². The Labute approximate surface area is 171 Å². The van der Waals surface area contributed by atoms with E-state index in [0.29, 0.717) is 22.0 Å². The van der Waals surface area contributed by atoms with Gasteiger partial charge in [0.1, 0.15) is 18.4 Å². The molecule has 152 valence electrons. The Morgan fingerprint density at radius 3 is 2.62 bits per heavy atom. The fourth-order valence-corrected chi connectivity index (χ4v) is 3.40. The summed E-state index contributed by atoms with van der Waals surface area (Å²) in [5.74, 6) is -0.537. The number of fused-ring (bicyclic) bond motifs is 1. The lowest BCUT2D eigenvalue weighted by Gasteiger charge is -2.21. The molecule has 8 nitrogen and oxygen atoms in total. The van der Waals surface area contributed by atoms with Crippen molar-refractivity contribution in [2.45, 2.75) is 26.5 Å². The van der Waals surface area contributed by atoms with Crippen molar-refractivity contribution in [3.8, 4) is 5.75 Å². The van der Waals surface area contributed by atoms with Crippen LogP contribution in [0.15, 0.2) is 46.7 Å². The number of methoxy groups -OCH3 is 1. The van der Waals surface area contributed by atoms with Crippen molar-refractivity contribution in [3.63, 3.8) is 0 Å². The quantitative estimate of drug-likeness (QED) is 0.595. The summed E-state index contributed by atoms with van der Waals surface area (Å²) in [6, 6.07) is 7.06. The maximum atomic E-state index is 12.6. The Morgan fingerprint density at radius 1 is 1.24 bits per heavy atom. The van der Waals surface area contributed by atoms with Gasteiger partial charge in [0.2, 0.25) is 0 Å². The number of amides is 1. The number of rotatable bonds is 7. The van der Waals surface area contributed by atoms with E-state index in [4.69, 9.17) is 9.47 Å². The fourth-order valence-electron chi connectivity index (χ4n) is 2.66. The van der Waals surface area contributed by atoms with E-state index in [1.165, 1.54) is 21.8 Å². The molecule has 1 amide bonds. The first-order chi connectivity index (χ1) is 13.9. The van der Waals surface area contributed by atoms with Crippen molar-refractivity contribution >= 4 is 28.2 Å². The average molecular weight is 415 g/mol. The number of benzene rings is 1. The van der Waals surface area contributed by atoms with E-state index in [1.54, 1.807) is 43.0 Å². The molecule has 0 aliphatic carbocycles. The van der Waals surface area contributed by atoms with Gasteiger partial charge in [-0.1, -0.05) is 13.8 Å². The third-order valence-corrected chi connectivity index (χ3v) is 5.03. The lowest BCUT2D eigenvalue weighted by atomic mass is 10.0. The number of esters is 1. The number of carbonyl (C=O) groups excluding carboxylic acids is 2. The number of ether oxygens (including phenoxy) is 2. The number of nitrogens with one attached hydrogen (secondary N) is 1. The van der Waals surface area contributed by atoms with E-state index in [0.717, 1.165) is 0 Å². The third kappa shape index (κ3) is 4.80. The zero-order valence-electron chi connectivity index (χ0n) is 16.2. The van der Waals surface area contributed by atoms with Crippen LogP contribution in [0.4, 0.5) is 0 Å². The zero-order chi connectivity index (χ0) is 21.0. The molecular weight excluding hydrogens is 394 g/mol. The van der Waals surface area contributed by atoms with E-state index in [9.17, 15) is 14.4 Å². The molecule has 0 unspecified atom stereocenters. The van der Waals surface area contributed by atoms with Crippen LogP contribution in [0, 0.1) is 5.92 Å². The van der Waals surface area contributed by atoms with Gasteiger partial charge in [-0.25, -0.2) is 9.78 Å². The maximum Gasteiger partial charge on any atom is 0.329 e. The van der Waals surface area contributed by atoms with Crippen LogP contribution in [-0.2, 0) is 16.1 Å². The summed E-state index contributed by atoms with van der Waals surface area (Å²) < 4.78 is 11.8. The summed E-state index contributed by atoms with van der Waals surface area (Å²) in [6.45, 7) is 3.47. The van der Waals surface area contributed by atoms with Crippen molar-refractivity contribution in [3.05, 3.63) is 63.5 Å². The summed E-state index contributed by atoms with van der Waals surface area (Å²) >= 11 is 1.32. The van der Waals surface area contributed by atoms with Crippen LogP contribution in [0.3, 0.4) is 0 Å². The van der Waals surface area contributed by atoms with Crippen LogP contribution in [-0.4, -0.2) is 34.4 Å². The topological polar surface area (TPSA) is 99.0 Å². The Hall–Kier alpha value is -3.20. The van der Waals surface area contributed by atoms with Gasteiger partial charge >= 0.3 is 5.97 Å². The summed E-state index contributed by atoms with van der Waals surface area (Å²) in [4.78, 5) is 41.9. The molecule has 1 N–H and O–H groups in total. The zero-order valence-corrected chi connectivity index (χ0v) is 17.1. The minimum atomic E-state index is -0.837. The highest BCUT2D eigenvalue weighted by Gasteiger charge is 2.26. The summed E-state index contributed by atoms with van der Waals surface area (Å²) in [7, 11) is 1.54. The highest BCUT2D eigenvalue weighted by molar-refractivity contribution is 7.15. The van der Waals surface area contributed by atoms with E-state index < -0.39 is 12.0 Å². The van der Waals surface area contributed by atoms with E-state index >= 15 is 0 Å². The summed E-state index contributed by atoms with van der Waals surface area (Å²) in [5.41, 5.74) is 0.521. The van der Waals surface area contributed by atoms with Crippen molar-refractivity contribution in [2.24, 2.45) is 5.92 Å². The van der Waals surface area contributed by atoms with Gasteiger partial charge < -0.3 is 14.8 Å². The number of thiazole rings is 1. The molecule has 0 aliphatic heterocycles. The van der Waals surface area contributed by atoms with E-state index in [1.807, 2.05) is 13.8 Å². The van der Waals surface area contributed by atoms with Crippen LogP contribution in [0.2, 0.25) is 0 Å². The van der Waals surface area contributed by atoms with Crippen LogP contribution in [0.25, 0.3) is 4.96 Å². The molecule has 9 heteroatoms. The average Bonchev–Trinajstić information content (AvgIpc) is 3.19. The van der Waals surface area contributed by atoms with Gasteiger partial charge in [0, 0.05) is 23.2 Å². The second kappa shape index (κ2) is 8.87. The molecule has 0 bridgehead atoms. The van der Waals surface area contributed by atoms with E-state index in [-0.39, 0.29) is 24.0 Å². The van der Waals surface area contributed by atoms with Gasteiger partial charge in [0.05, 0.1) is 12.8 Å². The van der Waals surface area contributed by atoms with Gasteiger partial charge in [-0.2, -0.15) is 0 Å². The largest absolute Gasteiger partial charge is 0.497 e. The van der Waals surface area contributed by atoms with Gasteiger partial charge in [0.15, 0.2) is 4.96 Å². The molecule has 2 aromatic heterocycles. The minimum Gasteiger partial charge on any atom is -0.497 e. The molecule has 0 aliphatic rings. The second-order valence-corrected chi connectivity index (χ2v) is 7.55. The molecule has 0 fully saturated rings. The first-order valence-corrected chi connectivity index (χ1v) is 9.84. The molecule has 3 aromatic rings. The Balaban J connectivity index is 1.66. The molecule has 0 saturated carbocycles. The second-order valence-electron chi connectivity index (χ2n) is 6.67. The van der Waals surface area contributed by atoms with Gasteiger partial charge in [-0.15, -0.1) is 11.3 Å². The Bertz CT molecular complexity index is 1070. The first-order valence-electron chi connectivity index (χ1n) is 8.96. The van der Waals surface area contributed by atoms with Gasteiger partial charge in [-0.3, -0.25) is 14.0 Å². The standard InChI is InChI=1S/C20H21N3O5S/c1-12(2)17(22-18(25)13-4-6-15(27-3)7-5-13)19(26)28-11-14-10-16(24)23-8-9-29-20(23)21-14/h4-10,12,17H,11H2,1-3H3,(H,22,25)/t17-/m1/s1. The first kappa shape index (κ1) is 20.5. The lowest BCUT2D eigenvalue weighted by molar-refractivity contribution is -0.148. The Kier molecular flexibility index (Phi) is 6.28. The number of nitrogens with zero attached hydrogens (tertiary/aromatic N) is 2. The molecule has 3 rings (SSSR count). The van der Waals surface area contributed by atoms with E-state index in [2.05, 4.69) is 10.3 Å². The number of carbonyl (C=O) groups is 2. The van der Waals surface area contributed by atoms with Crippen LogP contribution in [0.5, 0.6) is 5.75 Å². The number of hydrogen-bond donors (Lipinski definition) is 1. The minimum absolute atomic E-state index is 0.149. The third-order valence-electron chi connectivity index (χ3n) is 4.28. The summed E-state index contributed by atoms with van der Waals surface area (Å²) in [6.07, 6.45) is 1.63. The van der Waals surface area contributed by atoms with Crippen molar-refractivity contribution < 1.29 is 19.1 Å². The molecule has 0 saturated heterocycles. The normalized spacial score (nSPS) is 12.0. The fraction of sp³-hybridized carbons (Fsp3) is 0.300. The highest BCUT2D eigenvalue weighted by Crippen LogP contribution is 2.13. The van der Waals surface area contributed by atoms with Crippen LogP contribution >= 0.6 is 11.3 Å². The maximum absolute atomic E-state index is 12.6. The predicted octanol–water partition coefficient (Wildman–Crippen LogP) is 2.26. The van der Waals surface area contributed by atoms with Crippen molar-refractivity contribution in [1.29, 1.82) is 0 Å². The molecule has 0 radical (unpaired) electrons. The SMILES string of the molecule is COc1ccc(C(=O)N[C@@H](C(=O)OCc2cc(=O)n3ccsc3n2)C(C)C)cc1. The molecule has 1 atom stereocenters. The summed E-state index contributed by atoms with van der Waals surface area (Å²) in [5, 5.41) is 4.46. The van der Waals surface area contributed by atoms with Crippen molar-refractivity contribution in [1.82, 2.24) is 14.7 Å².